The SMILES string of the molecule is Cc1c(C(=O)NC2CC(OC=O)C2)cc(-c2cc(C(C)(C)C)[n+](C)c(C(C)(C)C)c2)n1CC1CCCCC1. The van der Waals surface area contributed by atoms with Crippen LogP contribution in [-0.4, -0.2) is 29.1 Å². The summed E-state index contributed by atoms with van der Waals surface area (Å²) < 4.78 is 9.80. The maximum Gasteiger partial charge on any atom is 0.293 e. The Labute approximate surface area is 229 Å². The van der Waals surface area contributed by atoms with Gasteiger partial charge in [0, 0.05) is 65.3 Å². The smallest absolute Gasteiger partial charge is 0.293 e. The minimum atomic E-state index is -0.0814. The van der Waals surface area contributed by atoms with Crippen molar-refractivity contribution in [2.45, 2.75) is 123 Å². The van der Waals surface area contributed by atoms with Gasteiger partial charge in [0.25, 0.3) is 12.4 Å². The molecule has 0 aliphatic heterocycles. The Balaban J connectivity index is 1.77. The van der Waals surface area contributed by atoms with Crippen molar-refractivity contribution in [3.05, 3.63) is 40.8 Å². The Hall–Kier alpha value is -2.63. The summed E-state index contributed by atoms with van der Waals surface area (Å²) in [6, 6.07) is 6.82. The molecule has 6 heteroatoms. The molecule has 1 N–H and O–H groups in total. The van der Waals surface area contributed by atoms with E-state index in [1.54, 1.807) is 0 Å². The summed E-state index contributed by atoms with van der Waals surface area (Å²) in [5.41, 5.74) is 6.61. The van der Waals surface area contributed by atoms with Gasteiger partial charge in [0.2, 0.25) is 0 Å². The van der Waals surface area contributed by atoms with Crippen LogP contribution in [0, 0.1) is 12.8 Å². The Kier molecular flexibility index (Phi) is 8.11. The van der Waals surface area contributed by atoms with Crippen molar-refractivity contribution in [3.8, 4) is 11.3 Å². The van der Waals surface area contributed by atoms with Crippen molar-refractivity contribution in [2.24, 2.45) is 13.0 Å². The van der Waals surface area contributed by atoms with Crippen molar-refractivity contribution in [1.29, 1.82) is 0 Å². The monoisotopic (exact) mass is 522 g/mol. The molecule has 38 heavy (non-hydrogen) atoms. The zero-order valence-electron chi connectivity index (χ0n) is 24.8. The third-order valence-electron chi connectivity index (χ3n) is 8.59. The average molecular weight is 523 g/mol. The highest BCUT2D eigenvalue weighted by Gasteiger charge is 2.35. The molecule has 0 bridgehead atoms. The van der Waals surface area contributed by atoms with Gasteiger partial charge < -0.3 is 14.6 Å². The molecular weight excluding hydrogens is 474 g/mol. The molecule has 1 amide bonds. The number of carbonyl (C=O) groups excluding carboxylic acids is 2. The predicted molar refractivity (Wildman–Crippen MR) is 151 cm³/mol. The first-order valence-electron chi connectivity index (χ1n) is 14.4. The lowest BCUT2D eigenvalue weighted by atomic mass is 9.85. The molecule has 2 aromatic rings. The van der Waals surface area contributed by atoms with E-state index in [-0.39, 0.29) is 28.9 Å². The molecule has 2 aliphatic carbocycles. The number of pyridine rings is 1. The highest BCUT2D eigenvalue weighted by molar-refractivity contribution is 5.97. The summed E-state index contributed by atoms with van der Waals surface area (Å²) in [6.07, 6.45) is 7.70. The summed E-state index contributed by atoms with van der Waals surface area (Å²) in [5, 5.41) is 3.19. The van der Waals surface area contributed by atoms with Gasteiger partial charge in [0.15, 0.2) is 11.4 Å². The zero-order chi connectivity index (χ0) is 27.8. The molecule has 0 unspecified atom stereocenters. The van der Waals surface area contributed by atoms with Crippen LogP contribution in [0.4, 0.5) is 0 Å². The number of aromatic nitrogens is 2. The van der Waals surface area contributed by atoms with Crippen LogP contribution in [0.15, 0.2) is 18.2 Å². The predicted octanol–water partition coefficient (Wildman–Crippen LogP) is 5.90. The molecular formula is C32H48N3O3+. The van der Waals surface area contributed by atoms with E-state index >= 15 is 0 Å². The first-order chi connectivity index (χ1) is 17.8. The standard InChI is InChI=1S/C32H47N3O3/c1-21-26(30(37)33-24-16-25(17-24)38-20-36)18-27(35(21)19-22-12-10-9-11-13-22)23-14-28(31(2,3)4)34(8)29(15-23)32(5,6)7/h14-15,18,20,22,24-25H,9-13,16-17,19H2,1-8H3/p+1. The Morgan fingerprint density at radius 2 is 1.61 bits per heavy atom. The fraction of sp³-hybridized carbons (Fsp3) is 0.656. The maximum atomic E-state index is 13.5. The minimum Gasteiger partial charge on any atom is -0.464 e. The second-order valence-corrected chi connectivity index (χ2v) is 13.7. The van der Waals surface area contributed by atoms with Gasteiger partial charge in [-0.05, 0) is 31.7 Å². The summed E-state index contributed by atoms with van der Waals surface area (Å²) in [5.74, 6) is 0.607. The first-order valence-corrected chi connectivity index (χ1v) is 14.4. The lowest BCUT2D eigenvalue weighted by molar-refractivity contribution is -0.693. The number of nitrogens with zero attached hydrogens (tertiary/aromatic N) is 2. The normalized spacial score (nSPS) is 20.6. The van der Waals surface area contributed by atoms with E-state index in [0.29, 0.717) is 25.2 Å². The van der Waals surface area contributed by atoms with Crippen LogP contribution in [0.2, 0.25) is 0 Å². The number of carbonyl (C=O) groups is 2. The molecule has 0 aromatic carbocycles. The highest BCUT2D eigenvalue weighted by Crippen LogP contribution is 2.35. The number of ether oxygens (including phenoxy) is 1. The van der Waals surface area contributed by atoms with Gasteiger partial charge >= 0.3 is 0 Å². The molecule has 0 radical (unpaired) electrons. The van der Waals surface area contributed by atoms with Gasteiger partial charge in [-0.1, -0.05) is 60.8 Å². The second kappa shape index (κ2) is 10.9. The molecule has 208 valence electrons. The molecule has 4 rings (SSSR count). The highest BCUT2D eigenvalue weighted by atomic mass is 16.5. The van der Waals surface area contributed by atoms with Gasteiger partial charge in [-0.15, -0.1) is 0 Å². The zero-order valence-corrected chi connectivity index (χ0v) is 24.8. The van der Waals surface area contributed by atoms with Crippen molar-refractivity contribution >= 4 is 12.4 Å². The van der Waals surface area contributed by atoms with E-state index in [2.05, 4.69) is 88.2 Å². The van der Waals surface area contributed by atoms with Crippen molar-refractivity contribution in [1.82, 2.24) is 9.88 Å². The number of hydrogen-bond acceptors (Lipinski definition) is 3. The van der Waals surface area contributed by atoms with Gasteiger partial charge in [-0.3, -0.25) is 9.59 Å². The first kappa shape index (κ1) is 28.4. The third kappa shape index (κ3) is 6.00. The molecule has 0 saturated heterocycles. The number of rotatable bonds is 7. The van der Waals surface area contributed by atoms with Gasteiger partial charge in [-0.25, -0.2) is 4.57 Å². The van der Waals surface area contributed by atoms with Gasteiger partial charge in [-0.2, -0.15) is 0 Å². The molecule has 6 nitrogen and oxygen atoms in total. The topological polar surface area (TPSA) is 64.2 Å². The van der Waals surface area contributed by atoms with E-state index in [1.807, 2.05) is 0 Å². The fourth-order valence-corrected chi connectivity index (χ4v) is 6.36. The average Bonchev–Trinajstić information content (AvgIpc) is 3.13. The maximum absolute atomic E-state index is 13.5. The van der Waals surface area contributed by atoms with Crippen molar-refractivity contribution in [2.75, 3.05) is 0 Å². The summed E-state index contributed by atoms with van der Waals surface area (Å²) in [7, 11) is 2.18. The molecule has 0 spiro atoms. The van der Waals surface area contributed by atoms with E-state index in [1.165, 1.54) is 49.1 Å². The molecule has 0 atom stereocenters. The number of nitrogens with one attached hydrogen (secondary N) is 1. The van der Waals surface area contributed by atoms with Crippen LogP contribution in [0.25, 0.3) is 11.3 Å². The van der Waals surface area contributed by atoms with Crippen molar-refractivity contribution < 1.29 is 18.9 Å². The lowest BCUT2D eigenvalue weighted by Gasteiger charge is -2.34. The number of amides is 1. The summed E-state index contributed by atoms with van der Waals surface area (Å²) >= 11 is 0. The van der Waals surface area contributed by atoms with Gasteiger partial charge in [0.1, 0.15) is 13.2 Å². The summed E-state index contributed by atoms with van der Waals surface area (Å²) in [6.45, 7) is 17.2. The molecule has 2 heterocycles. The second-order valence-electron chi connectivity index (χ2n) is 13.7. The summed E-state index contributed by atoms with van der Waals surface area (Å²) in [4.78, 5) is 24.1. The largest absolute Gasteiger partial charge is 0.464 e. The molecule has 2 fully saturated rings. The Morgan fingerprint density at radius 3 is 2.13 bits per heavy atom. The van der Waals surface area contributed by atoms with Gasteiger partial charge in [0.05, 0.1) is 5.56 Å². The van der Waals surface area contributed by atoms with Crippen LogP contribution in [0.3, 0.4) is 0 Å². The van der Waals surface area contributed by atoms with E-state index < -0.39 is 0 Å². The fourth-order valence-electron chi connectivity index (χ4n) is 6.36. The van der Waals surface area contributed by atoms with E-state index in [4.69, 9.17) is 4.74 Å². The van der Waals surface area contributed by atoms with Crippen LogP contribution in [0.5, 0.6) is 0 Å². The van der Waals surface area contributed by atoms with Crippen LogP contribution < -0.4 is 9.88 Å². The van der Waals surface area contributed by atoms with Crippen LogP contribution in [-0.2, 0) is 34.0 Å². The molecule has 2 saturated carbocycles. The quantitative estimate of drug-likeness (QED) is 0.364. The lowest BCUT2D eigenvalue weighted by Crippen LogP contribution is -2.47. The minimum absolute atomic E-state index is 0.0227. The van der Waals surface area contributed by atoms with E-state index in [0.717, 1.165) is 23.5 Å². The van der Waals surface area contributed by atoms with E-state index in [9.17, 15) is 9.59 Å². The molecule has 2 aliphatic rings. The number of hydrogen-bond donors (Lipinski definition) is 1. The Bertz CT molecular complexity index is 1130. The van der Waals surface area contributed by atoms with Crippen LogP contribution >= 0.6 is 0 Å². The molecule has 2 aromatic heterocycles. The van der Waals surface area contributed by atoms with Crippen molar-refractivity contribution in [3.63, 3.8) is 0 Å². The third-order valence-corrected chi connectivity index (χ3v) is 8.59. The van der Waals surface area contributed by atoms with Crippen LogP contribution in [0.1, 0.15) is 114 Å². The Morgan fingerprint density at radius 1 is 1.03 bits per heavy atom.